The maximum Gasteiger partial charge on any atom is 0.163 e. The summed E-state index contributed by atoms with van der Waals surface area (Å²) in [7, 11) is 0. The number of piperazine rings is 1. The quantitative estimate of drug-likeness (QED) is 0.254. The van der Waals surface area contributed by atoms with Gasteiger partial charge in [0.05, 0.1) is 0 Å². The van der Waals surface area contributed by atoms with E-state index in [-0.39, 0.29) is 17.1 Å². The van der Waals surface area contributed by atoms with E-state index in [0.717, 1.165) is 117 Å². The van der Waals surface area contributed by atoms with E-state index in [1.54, 1.807) is 0 Å². The molecule has 1 saturated carbocycles. The number of carbonyl (C=O) groups is 2. The molecule has 0 bridgehead atoms. The summed E-state index contributed by atoms with van der Waals surface area (Å²) in [4.78, 5) is 39.8. The molecule has 7 heteroatoms. The van der Waals surface area contributed by atoms with Gasteiger partial charge in [0.15, 0.2) is 11.6 Å². The van der Waals surface area contributed by atoms with Crippen LogP contribution in [0.15, 0.2) is 52.8 Å². The zero-order chi connectivity index (χ0) is 34.0. The molecule has 2 aromatic rings. The van der Waals surface area contributed by atoms with Crippen LogP contribution in [0.1, 0.15) is 108 Å². The van der Waals surface area contributed by atoms with Crippen LogP contribution in [-0.2, 0) is 9.53 Å². The Hall–Kier alpha value is -3.29. The van der Waals surface area contributed by atoms with Gasteiger partial charge in [0.1, 0.15) is 5.82 Å². The van der Waals surface area contributed by atoms with Crippen molar-refractivity contribution in [2.75, 3.05) is 55.7 Å². The van der Waals surface area contributed by atoms with Crippen LogP contribution in [0.4, 0.5) is 11.5 Å². The number of hydrogen-bond acceptors (Lipinski definition) is 7. The van der Waals surface area contributed by atoms with Crippen molar-refractivity contribution in [2.45, 2.75) is 111 Å². The molecule has 3 heterocycles. The smallest absolute Gasteiger partial charge is 0.163 e. The summed E-state index contributed by atoms with van der Waals surface area (Å²) in [5.74, 6) is 1.34. The minimum atomic E-state index is 0.115. The number of rotatable bonds is 9. The topological polar surface area (TPSA) is 66.0 Å². The summed E-state index contributed by atoms with van der Waals surface area (Å²) in [6, 6.07) is 9.02. The minimum Gasteiger partial charge on any atom is -0.381 e. The maximum atomic E-state index is 14.2. The minimum absolute atomic E-state index is 0.115. The fourth-order valence-electron chi connectivity index (χ4n) is 8.42. The van der Waals surface area contributed by atoms with Crippen LogP contribution >= 0.6 is 0 Å². The Morgan fingerprint density at radius 3 is 2.33 bits per heavy atom. The highest BCUT2D eigenvalue weighted by Gasteiger charge is 2.30. The van der Waals surface area contributed by atoms with Crippen molar-refractivity contribution in [3.63, 3.8) is 0 Å². The van der Waals surface area contributed by atoms with Crippen molar-refractivity contribution < 1.29 is 14.3 Å². The first-order valence-electron chi connectivity index (χ1n) is 18.5. The number of allylic oxidation sites excluding steroid dienone is 4. The lowest BCUT2D eigenvalue weighted by Gasteiger charge is -2.42. The number of anilines is 2. The number of pyridine rings is 1. The standard InChI is InChI=1S/C41H56N4O3/c1-7-45(32-16-22-48-23-17-32)37-26-31(30-12-15-40(42-27-30)43-18-20-44(21-19-43)41(4,5)6)25-36(29(37)3)38(46)14-13-35-34-11-9-8-10-33(34)28(2)24-39(35)47/h12,15,25-27,32H,7-11,13-14,16-24H2,1-6H3. The van der Waals surface area contributed by atoms with E-state index in [0.29, 0.717) is 25.3 Å². The number of aromatic nitrogens is 1. The van der Waals surface area contributed by atoms with Crippen molar-refractivity contribution >= 4 is 23.1 Å². The van der Waals surface area contributed by atoms with Crippen molar-refractivity contribution in [3.05, 3.63) is 63.9 Å². The van der Waals surface area contributed by atoms with Crippen molar-refractivity contribution in [1.82, 2.24) is 9.88 Å². The van der Waals surface area contributed by atoms with Gasteiger partial charge < -0.3 is 14.5 Å². The van der Waals surface area contributed by atoms with E-state index in [4.69, 9.17) is 9.72 Å². The van der Waals surface area contributed by atoms with Gasteiger partial charge in [-0.05, 0) is 139 Å². The van der Waals surface area contributed by atoms with Gasteiger partial charge in [-0.25, -0.2) is 4.98 Å². The lowest BCUT2D eigenvalue weighted by molar-refractivity contribution is -0.115. The number of Topliss-reactive ketones (excluding diaryl/α,β-unsaturated/α-hetero) is 2. The molecule has 0 spiro atoms. The molecule has 48 heavy (non-hydrogen) atoms. The van der Waals surface area contributed by atoms with E-state index >= 15 is 0 Å². The Morgan fingerprint density at radius 2 is 1.69 bits per heavy atom. The number of benzene rings is 1. The van der Waals surface area contributed by atoms with Crippen LogP contribution in [-0.4, -0.2) is 79.0 Å². The number of ketones is 2. The first-order valence-corrected chi connectivity index (χ1v) is 18.5. The van der Waals surface area contributed by atoms with Gasteiger partial charge in [0.2, 0.25) is 0 Å². The lowest BCUT2D eigenvalue weighted by atomic mass is 9.76. The second kappa shape index (κ2) is 14.7. The van der Waals surface area contributed by atoms with Crippen molar-refractivity contribution in [2.24, 2.45) is 0 Å². The van der Waals surface area contributed by atoms with Gasteiger partial charge in [-0.15, -0.1) is 0 Å². The lowest BCUT2D eigenvalue weighted by Crippen LogP contribution is -2.53. The molecule has 1 aromatic heterocycles. The molecule has 6 rings (SSSR count). The molecule has 4 aliphatic rings. The van der Waals surface area contributed by atoms with E-state index < -0.39 is 0 Å². The Labute approximate surface area is 288 Å². The Kier molecular flexibility index (Phi) is 10.6. The second-order valence-corrected chi connectivity index (χ2v) is 15.3. The summed E-state index contributed by atoms with van der Waals surface area (Å²) in [6.45, 7) is 19.6. The predicted molar refractivity (Wildman–Crippen MR) is 196 cm³/mol. The molecule has 0 atom stereocenters. The first kappa shape index (κ1) is 34.6. The highest BCUT2D eigenvalue weighted by atomic mass is 16.5. The molecule has 7 nitrogen and oxygen atoms in total. The molecular formula is C41H56N4O3. The fraction of sp³-hybridized carbons (Fsp3) is 0.585. The van der Waals surface area contributed by atoms with E-state index in [9.17, 15) is 9.59 Å². The van der Waals surface area contributed by atoms with Gasteiger partial charge in [0, 0.05) is 93.4 Å². The zero-order valence-electron chi connectivity index (χ0n) is 30.3. The monoisotopic (exact) mass is 652 g/mol. The first-order chi connectivity index (χ1) is 23.0. The summed E-state index contributed by atoms with van der Waals surface area (Å²) in [6.07, 6.45) is 9.67. The highest BCUT2D eigenvalue weighted by Crippen LogP contribution is 2.40. The maximum absolute atomic E-state index is 14.2. The molecule has 258 valence electrons. The SMILES string of the molecule is CCN(c1cc(-c2ccc(N3CCN(C(C)(C)C)CC3)nc2)cc(C(=O)CCC2=C3CCCCC3=C(C)CC2=O)c1C)C1CCOCC1. The third-order valence-corrected chi connectivity index (χ3v) is 11.3. The molecule has 0 radical (unpaired) electrons. The van der Waals surface area contributed by atoms with Crippen LogP contribution in [0.2, 0.25) is 0 Å². The fourth-order valence-corrected chi connectivity index (χ4v) is 8.42. The van der Waals surface area contributed by atoms with Gasteiger partial charge in [-0.1, -0.05) is 5.57 Å². The largest absolute Gasteiger partial charge is 0.381 e. The highest BCUT2D eigenvalue weighted by molar-refractivity contribution is 6.03. The molecule has 2 saturated heterocycles. The van der Waals surface area contributed by atoms with E-state index in [1.165, 1.54) is 23.1 Å². The molecule has 3 fully saturated rings. The number of hydrogen-bond donors (Lipinski definition) is 0. The van der Waals surface area contributed by atoms with Crippen molar-refractivity contribution in [3.8, 4) is 11.1 Å². The Balaban J connectivity index is 1.29. The number of ether oxygens (including phenoxy) is 1. The molecule has 0 amide bonds. The average Bonchev–Trinajstić information content (AvgIpc) is 3.09. The number of carbonyl (C=O) groups excluding carboxylic acids is 2. The predicted octanol–water partition coefficient (Wildman–Crippen LogP) is 8.11. The molecule has 0 N–H and O–H groups in total. The third-order valence-electron chi connectivity index (χ3n) is 11.3. The zero-order valence-corrected chi connectivity index (χ0v) is 30.3. The third kappa shape index (κ3) is 7.33. The molecule has 1 aromatic carbocycles. The molecule has 2 aliphatic carbocycles. The van der Waals surface area contributed by atoms with Crippen LogP contribution in [0.25, 0.3) is 11.1 Å². The summed E-state index contributed by atoms with van der Waals surface area (Å²) in [5, 5.41) is 0. The Morgan fingerprint density at radius 1 is 0.979 bits per heavy atom. The van der Waals surface area contributed by atoms with Crippen LogP contribution in [0.3, 0.4) is 0 Å². The van der Waals surface area contributed by atoms with Gasteiger partial charge in [0.25, 0.3) is 0 Å². The molecule has 2 aliphatic heterocycles. The summed E-state index contributed by atoms with van der Waals surface area (Å²) < 4.78 is 5.71. The van der Waals surface area contributed by atoms with E-state index in [2.05, 4.69) is 80.5 Å². The normalized spacial score (nSPS) is 20.0. The second-order valence-electron chi connectivity index (χ2n) is 15.3. The number of nitrogens with zero attached hydrogens (tertiary/aromatic N) is 4. The van der Waals surface area contributed by atoms with Gasteiger partial charge in [-0.3, -0.25) is 14.5 Å². The van der Waals surface area contributed by atoms with Crippen LogP contribution in [0, 0.1) is 6.92 Å². The number of fused-ring (bicyclic) bond motifs is 1. The Bertz CT molecular complexity index is 1570. The van der Waals surface area contributed by atoms with Crippen LogP contribution < -0.4 is 9.80 Å². The summed E-state index contributed by atoms with van der Waals surface area (Å²) >= 11 is 0. The van der Waals surface area contributed by atoms with Gasteiger partial charge >= 0.3 is 0 Å². The molecular weight excluding hydrogens is 596 g/mol. The average molecular weight is 653 g/mol. The molecule has 0 unspecified atom stereocenters. The summed E-state index contributed by atoms with van der Waals surface area (Å²) in [5.41, 5.74) is 9.92. The van der Waals surface area contributed by atoms with Gasteiger partial charge in [-0.2, -0.15) is 0 Å². The van der Waals surface area contributed by atoms with E-state index in [1.807, 2.05) is 6.20 Å². The van der Waals surface area contributed by atoms with Crippen molar-refractivity contribution in [1.29, 1.82) is 0 Å². The van der Waals surface area contributed by atoms with Crippen LogP contribution in [0.5, 0.6) is 0 Å².